The molecule has 1 aromatic heterocycles. The van der Waals surface area contributed by atoms with Crippen molar-refractivity contribution in [3.8, 4) is 11.4 Å². The van der Waals surface area contributed by atoms with Crippen LogP contribution in [0.4, 0.5) is 24.8 Å². The second kappa shape index (κ2) is 3.90. The Morgan fingerprint density at radius 1 is 1.22 bits per heavy atom. The molecular formula is C10H10F3N5. The molecule has 2 aromatic rings. The quantitative estimate of drug-likeness (QED) is 0.761. The van der Waals surface area contributed by atoms with Crippen molar-refractivity contribution in [3.63, 3.8) is 0 Å². The highest BCUT2D eigenvalue weighted by Gasteiger charge is 2.31. The van der Waals surface area contributed by atoms with E-state index in [1.165, 1.54) is 17.8 Å². The van der Waals surface area contributed by atoms with Gasteiger partial charge < -0.3 is 11.5 Å². The number of anilines is 2. The lowest BCUT2D eigenvalue weighted by molar-refractivity contribution is -0.137. The summed E-state index contributed by atoms with van der Waals surface area (Å²) >= 11 is 0. The summed E-state index contributed by atoms with van der Waals surface area (Å²) in [6.45, 7) is 0. The molecule has 0 spiro atoms. The van der Waals surface area contributed by atoms with E-state index in [2.05, 4.69) is 10.1 Å². The Labute approximate surface area is 100 Å². The largest absolute Gasteiger partial charge is 0.416 e. The van der Waals surface area contributed by atoms with Crippen molar-refractivity contribution in [1.29, 1.82) is 0 Å². The van der Waals surface area contributed by atoms with Crippen molar-refractivity contribution in [1.82, 2.24) is 14.8 Å². The van der Waals surface area contributed by atoms with E-state index in [-0.39, 0.29) is 23.0 Å². The molecular weight excluding hydrogens is 247 g/mol. The molecule has 0 radical (unpaired) electrons. The molecule has 0 aliphatic carbocycles. The first-order valence-electron chi connectivity index (χ1n) is 4.92. The van der Waals surface area contributed by atoms with Crippen LogP contribution in [0, 0.1) is 0 Å². The number of nitrogens with two attached hydrogens (primary N) is 2. The fraction of sp³-hybridized carbons (Fsp3) is 0.200. The standard InChI is InChI=1S/C10H10F3N5/c1-18-9(15)16-8(17-18)6-4-5(10(11,12)13)2-3-7(6)14/h2-4H,14H2,1H3,(H2,15,16,17). The Balaban J connectivity index is 2.56. The van der Waals surface area contributed by atoms with Gasteiger partial charge in [0.25, 0.3) is 0 Å². The Morgan fingerprint density at radius 2 is 1.89 bits per heavy atom. The highest BCUT2D eigenvalue weighted by molar-refractivity contribution is 5.72. The summed E-state index contributed by atoms with van der Waals surface area (Å²) < 4.78 is 39.0. The zero-order valence-corrected chi connectivity index (χ0v) is 9.36. The monoisotopic (exact) mass is 257 g/mol. The van der Waals surface area contributed by atoms with Gasteiger partial charge in [0.05, 0.1) is 5.56 Å². The van der Waals surface area contributed by atoms with Crippen molar-refractivity contribution in [2.45, 2.75) is 6.18 Å². The minimum atomic E-state index is -4.44. The molecule has 4 N–H and O–H groups in total. The number of hydrogen-bond donors (Lipinski definition) is 2. The van der Waals surface area contributed by atoms with Crippen LogP contribution < -0.4 is 11.5 Å². The van der Waals surface area contributed by atoms with Crippen LogP contribution in [0.5, 0.6) is 0 Å². The van der Waals surface area contributed by atoms with Crippen molar-refractivity contribution >= 4 is 11.6 Å². The molecule has 8 heteroatoms. The van der Waals surface area contributed by atoms with Crippen LogP contribution in [0.2, 0.25) is 0 Å². The number of nitrogen functional groups attached to an aromatic ring is 2. The first kappa shape index (κ1) is 12.2. The maximum Gasteiger partial charge on any atom is 0.416 e. The Hall–Kier alpha value is -2.25. The van der Waals surface area contributed by atoms with Gasteiger partial charge in [0, 0.05) is 18.3 Å². The second-order valence-corrected chi connectivity index (χ2v) is 3.72. The van der Waals surface area contributed by atoms with Gasteiger partial charge in [0.15, 0.2) is 5.82 Å². The summed E-state index contributed by atoms with van der Waals surface area (Å²) in [5.41, 5.74) is 10.6. The molecule has 2 rings (SSSR count). The highest BCUT2D eigenvalue weighted by Crippen LogP contribution is 2.34. The molecule has 96 valence electrons. The van der Waals surface area contributed by atoms with Gasteiger partial charge in [-0.1, -0.05) is 0 Å². The third-order valence-electron chi connectivity index (χ3n) is 2.42. The molecule has 0 aliphatic rings. The number of alkyl halides is 3. The van der Waals surface area contributed by atoms with E-state index in [0.717, 1.165) is 12.1 Å². The normalized spacial score (nSPS) is 11.8. The topological polar surface area (TPSA) is 82.8 Å². The van der Waals surface area contributed by atoms with Gasteiger partial charge in [-0.25, -0.2) is 4.68 Å². The molecule has 1 aromatic carbocycles. The maximum atomic E-state index is 12.6. The first-order chi connectivity index (χ1) is 8.29. The van der Waals surface area contributed by atoms with Crippen LogP contribution in [0.3, 0.4) is 0 Å². The van der Waals surface area contributed by atoms with E-state index >= 15 is 0 Å². The predicted molar refractivity (Wildman–Crippen MR) is 60.3 cm³/mol. The van der Waals surface area contributed by atoms with Crippen LogP contribution >= 0.6 is 0 Å². The molecule has 0 fully saturated rings. The summed E-state index contributed by atoms with van der Waals surface area (Å²) in [4.78, 5) is 3.85. The molecule has 0 aliphatic heterocycles. The van der Waals surface area contributed by atoms with E-state index < -0.39 is 11.7 Å². The highest BCUT2D eigenvalue weighted by atomic mass is 19.4. The minimum absolute atomic E-state index is 0.0681. The Bertz CT molecular complexity index is 568. The molecule has 1 heterocycles. The van der Waals surface area contributed by atoms with Gasteiger partial charge >= 0.3 is 6.18 Å². The molecule has 0 bridgehead atoms. The number of aromatic nitrogens is 3. The predicted octanol–water partition coefficient (Wildman–Crippen LogP) is 1.67. The summed E-state index contributed by atoms with van der Waals surface area (Å²) in [6.07, 6.45) is -4.44. The van der Waals surface area contributed by atoms with Crippen molar-refractivity contribution in [3.05, 3.63) is 23.8 Å². The molecule has 5 nitrogen and oxygen atoms in total. The van der Waals surface area contributed by atoms with Gasteiger partial charge in [-0.15, -0.1) is 5.10 Å². The smallest absolute Gasteiger partial charge is 0.398 e. The van der Waals surface area contributed by atoms with Crippen LogP contribution in [0.25, 0.3) is 11.4 Å². The van der Waals surface area contributed by atoms with E-state index in [0.29, 0.717) is 0 Å². The summed E-state index contributed by atoms with van der Waals surface area (Å²) in [7, 11) is 1.54. The number of aryl methyl sites for hydroxylation is 1. The molecule has 0 atom stereocenters. The summed E-state index contributed by atoms with van der Waals surface area (Å²) in [5.74, 6) is 0.167. The van der Waals surface area contributed by atoms with E-state index in [9.17, 15) is 13.2 Å². The van der Waals surface area contributed by atoms with Crippen molar-refractivity contribution < 1.29 is 13.2 Å². The van der Waals surface area contributed by atoms with Gasteiger partial charge in [-0.2, -0.15) is 18.2 Å². The number of halogens is 3. The van der Waals surface area contributed by atoms with Crippen LogP contribution in [-0.4, -0.2) is 14.8 Å². The van der Waals surface area contributed by atoms with Gasteiger partial charge in [0.2, 0.25) is 5.95 Å². The lowest BCUT2D eigenvalue weighted by Crippen LogP contribution is -2.06. The number of rotatable bonds is 1. The average Bonchev–Trinajstić information content (AvgIpc) is 2.58. The molecule has 18 heavy (non-hydrogen) atoms. The number of benzene rings is 1. The van der Waals surface area contributed by atoms with Crippen LogP contribution in [0.1, 0.15) is 5.56 Å². The van der Waals surface area contributed by atoms with Crippen molar-refractivity contribution in [2.75, 3.05) is 11.5 Å². The number of hydrogen-bond acceptors (Lipinski definition) is 4. The zero-order chi connectivity index (χ0) is 13.5. The van der Waals surface area contributed by atoms with Crippen LogP contribution in [0.15, 0.2) is 18.2 Å². The fourth-order valence-electron chi connectivity index (χ4n) is 1.44. The van der Waals surface area contributed by atoms with Gasteiger partial charge in [-0.05, 0) is 18.2 Å². The Morgan fingerprint density at radius 3 is 2.39 bits per heavy atom. The fourth-order valence-corrected chi connectivity index (χ4v) is 1.44. The zero-order valence-electron chi connectivity index (χ0n) is 9.36. The lowest BCUT2D eigenvalue weighted by atomic mass is 10.1. The summed E-state index contributed by atoms with van der Waals surface area (Å²) in [5, 5.41) is 3.90. The van der Waals surface area contributed by atoms with E-state index in [1.807, 2.05) is 0 Å². The van der Waals surface area contributed by atoms with Crippen LogP contribution in [-0.2, 0) is 13.2 Å². The SMILES string of the molecule is Cn1nc(-c2cc(C(F)(F)F)ccc2N)nc1N. The maximum absolute atomic E-state index is 12.6. The van der Waals surface area contributed by atoms with E-state index in [4.69, 9.17) is 11.5 Å². The molecule has 0 saturated heterocycles. The minimum Gasteiger partial charge on any atom is -0.398 e. The second-order valence-electron chi connectivity index (χ2n) is 3.72. The van der Waals surface area contributed by atoms with E-state index in [1.54, 1.807) is 0 Å². The molecule has 0 amide bonds. The third kappa shape index (κ3) is 2.08. The Kier molecular flexibility index (Phi) is 2.64. The average molecular weight is 257 g/mol. The van der Waals surface area contributed by atoms with Gasteiger partial charge in [0.1, 0.15) is 0 Å². The molecule has 0 saturated carbocycles. The third-order valence-corrected chi connectivity index (χ3v) is 2.42. The van der Waals surface area contributed by atoms with Gasteiger partial charge in [-0.3, -0.25) is 0 Å². The first-order valence-corrected chi connectivity index (χ1v) is 4.92. The lowest BCUT2D eigenvalue weighted by Gasteiger charge is -2.09. The summed E-state index contributed by atoms with van der Waals surface area (Å²) in [6, 6.07) is 2.99. The molecule has 0 unspecified atom stereocenters. The number of nitrogens with zero attached hydrogens (tertiary/aromatic N) is 3. The van der Waals surface area contributed by atoms with Crippen molar-refractivity contribution in [2.24, 2.45) is 7.05 Å².